The third-order valence-corrected chi connectivity index (χ3v) is 6.00. The van der Waals surface area contributed by atoms with E-state index in [0.717, 1.165) is 5.56 Å². The van der Waals surface area contributed by atoms with Gasteiger partial charge in [-0.1, -0.05) is 29.8 Å². The van der Waals surface area contributed by atoms with E-state index in [1.54, 1.807) is 12.0 Å². The van der Waals surface area contributed by atoms with Gasteiger partial charge in [0.1, 0.15) is 0 Å². The molecule has 5 nitrogen and oxygen atoms in total. The lowest BCUT2D eigenvalue weighted by Gasteiger charge is -2.28. The van der Waals surface area contributed by atoms with Crippen molar-refractivity contribution in [1.29, 1.82) is 0 Å². The Morgan fingerprint density at radius 1 is 1.30 bits per heavy atom. The SMILES string of the molecule is COCCN(C(=O)CCc1ccc(C)cc1)C1CCS(=O)(=O)C1. The van der Waals surface area contributed by atoms with Crippen LogP contribution in [0, 0.1) is 6.92 Å². The minimum Gasteiger partial charge on any atom is -0.383 e. The highest BCUT2D eigenvalue weighted by Gasteiger charge is 2.34. The Morgan fingerprint density at radius 2 is 2.00 bits per heavy atom. The van der Waals surface area contributed by atoms with Gasteiger partial charge in [0.2, 0.25) is 5.91 Å². The van der Waals surface area contributed by atoms with Crippen LogP contribution in [0.1, 0.15) is 24.0 Å². The molecule has 0 radical (unpaired) electrons. The number of rotatable bonds is 7. The van der Waals surface area contributed by atoms with Gasteiger partial charge in [0.25, 0.3) is 0 Å². The number of nitrogens with zero attached hydrogens (tertiary/aromatic N) is 1. The summed E-state index contributed by atoms with van der Waals surface area (Å²) in [6.45, 7) is 2.90. The molecule has 0 aromatic heterocycles. The molecule has 0 N–H and O–H groups in total. The van der Waals surface area contributed by atoms with Crippen LogP contribution in [-0.2, 0) is 25.8 Å². The number of amides is 1. The highest BCUT2D eigenvalue weighted by molar-refractivity contribution is 7.91. The highest BCUT2D eigenvalue weighted by atomic mass is 32.2. The molecule has 23 heavy (non-hydrogen) atoms. The summed E-state index contributed by atoms with van der Waals surface area (Å²) < 4.78 is 28.4. The van der Waals surface area contributed by atoms with Gasteiger partial charge >= 0.3 is 0 Å². The van der Waals surface area contributed by atoms with Crippen LogP contribution < -0.4 is 0 Å². The first-order valence-electron chi connectivity index (χ1n) is 7.95. The van der Waals surface area contributed by atoms with E-state index in [9.17, 15) is 13.2 Å². The molecular weight excluding hydrogens is 314 g/mol. The average Bonchev–Trinajstić information content (AvgIpc) is 2.87. The summed E-state index contributed by atoms with van der Waals surface area (Å²) in [6.07, 6.45) is 1.59. The summed E-state index contributed by atoms with van der Waals surface area (Å²) in [4.78, 5) is 14.3. The molecule has 1 aromatic carbocycles. The number of aryl methyl sites for hydroxylation is 2. The molecule has 0 spiro atoms. The number of hydrogen-bond donors (Lipinski definition) is 0. The lowest BCUT2D eigenvalue weighted by atomic mass is 10.1. The first-order valence-corrected chi connectivity index (χ1v) is 9.78. The second kappa shape index (κ2) is 7.93. The summed E-state index contributed by atoms with van der Waals surface area (Å²) in [5.74, 6) is 0.254. The molecule has 1 unspecified atom stereocenters. The van der Waals surface area contributed by atoms with Crippen LogP contribution in [0.2, 0.25) is 0 Å². The van der Waals surface area contributed by atoms with Crippen LogP contribution >= 0.6 is 0 Å². The fraction of sp³-hybridized carbons (Fsp3) is 0.588. The molecule has 1 aliphatic rings. The number of carbonyl (C=O) groups is 1. The highest BCUT2D eigenvalue weighted by Crippen LogP contribution is 2.19. The van der Waals surface area contributed by atoms with Crippen molar-refractivity contribution in [2.24, 2.45) is 0 Å². The van der Waals surface area contributed by atoms with Crippen LogP contribution in [-0.4, -0.2) is 57.0 Å². The predicted octanol–water partition coefficient (Wildman–Crippen LogP) is 1.59. The van der Waals surface area contributed by atoms with Crippen molar-refractivity contribution in [2.45, 2.75) is 32.2 Å². The van der Waals surface area contributed by atoms with Gasteiger partial charge in [0, 0.05) is 26.1 Å². The van der Waals surface area contributed by atoms with E-state index in [-0.39, 0.29) is 23.5 Å². The maximum absolute atomic E-state index is 12.6. The Kier molecular flexibility index (Phi) is 6.18. The van der Waals surface area contributed by atoms with Crippen molar-refractivity contribution in [1.82, 2.24) is 4.90 Å². The maximum Gasteiger partial charge on any atom is 0.223 e. The van der Waals surface area contributed by atoms with Gasteiger partial charge in [-0.2, -0.15) is 0 Å². The second-order valence-electron chi connectivity index (χ2n) is 6.12. The van der Waals surface area contributed by atoms with Crippen molar-refractivity contribution in [3.05, 3.63) is 35.4 Å². The zero-order chi connectivity index (χ0) is 16.9. The van der Waals surface area contributed by atoms with Crippen LogP contribution in [0.15, 0.2) is 24.3 Å². The first-order chi connectivity index (χ1) is 10.9. The van der Waals surface area contributed by atoms with E-state index < -0.39 is 9.84 Å². The summed E-state index contributed by atoms with van der Waals surface area (Å²) in [5, 5.41) is 0. The molecular formula is C17H25NO4S. The molecule has 6 heteroatoms. The van der Waals surface area contributed by atoms with Gasteiger partial charge in [0.15, 0.2) is 9.84 Å². The minimum absolute atomic E-state index is 0.00438. The van der Waals surface area contributed by atoms with E-state index in [2.05, 4.69) is 0 Å². The Balaban J connectivity index is 1.97. The van der Waals surface area contributed by atoms with Crippen LogP contribution in [0.3, 0.4) is 0 Å². The van der Waals surface area contributed by atoms with Gasteiger partial charge in [-0.25, -0.2) is 8.42 Å². The molecule has 0 aliphatic carbocycles. The topological polar surface area (TPSA) is 63.7 Å². The molecule has 128 valence electrons. The summed E-state index contributed by atoms with van der Waals surface area (Å²) in [7, 11) is -1.42. The third kappa shape index (κ3) is 5.32. The van der Waals surface area contributed by atoms with E-state index >= 15 is 0 Å². The molecule has 1 atom stereocenters. The van der Waals surface area contributed by atoms with Gasteiger partial charge in [-0.15, -0.1) is 0 Å². The molecule has 2 rings (SSSR count). The predicted molar refractivity (Wildman–Crippen MR) is 90.1 cm³/mol. The number of methoxy groups -OCH3 is 1. The van der Waals surface area contributed by atoms with Crippen molar-refractivity contribution < 1.29 is 17.9 Å². The van der Waals surface area contributed by atoms with Crippen molar-refractivity contribution in [2.75, 3.05) is 31.8 Å². The summed E-state index contributed by atoms with van der Waals surface area (Å²) in [6, 6.07) is 7.92. The van der Waals surface area contributed by atoms with Crippen molar-refractivity contribution in [3.63, 3.8) is 0 Å². The minimum atomic E-state index is -3.01. The third-order valence-electron chi connectivity index (χ3n) is 4.25. The monoisotopic (exact) mass is 339 g/mol. The zero-order valence-electron chi connectivity index (χ0n) is 13.8. The Morgan fingerprint density at radius 3 is 2.57 bits per heavy atom. The number of hydrogen-bond acceptors (Lipinski definition) is 4. The van der Waals surface area contributed by atoms with E-state index in [4.69, 9.17) is 4.74 Å². The normalized spacial score (nSPS) is 19.7. The lowest BCUT2D eigenvalue weighted by molar-refractivity contribution is -0.133. The van der Waals surface area contributed by atoms with Gasteiger partial charge in [-0.05, 0) is 25.3 Å². The molecule has 0 saturated carbocycles. The second-order valence-corrected chi connectivity index (χ2v) is 8.35. The quantitative estimate of drug-likeness (QED) is 0.757. The van der Waals surface area contributed by atoms with Crippen LogP contribution in [0.4, 0.5) is 0 Å². The lowest BCUT2D eigenvalue weighted by Crippen LogP contribution is -2.43. The van der Waals surface area contributed by atoms with E-state index in [0.29, 0.717) is 32.4 Å². The molecule has 1 aliphatic heterocycles. The number of ether oxygens (including phenoxy) is 1. The largest absolute Gasteiger partial charge is 0.383 e. The van der Waals surface area contributed by atoms with Crippen LogP contribution in [0.25, 0.3) is 0 Å². The van der Waals surface area contributed by atoms with E-state index in [1.165, 1.54) is 5.56 Å². The Labute approximate surface area is 138 Å². The van der Waals surface area contributed by atoms with Crippen LogP contribution in [0.5, 0.6) is 0 Å². The maximum atomic E-state index is 12.6. The number of benzene rings is 1. The number of sulfone groups is 1. The van der Waals surface area contributed by atoms with Gasteiger partial charge < -0.3 is 9.64 Å². The molecule has 1 heterocycles. The molecule has 1 fully saturated rings. The zero-order valence-corrected chi connectivity index (χ0v) is 14.6. The Bertz CT molecular complexity index is 624. The van der Waals surface area contributed by atoms with Gasteiger partial charge in [-0.3, -0.25) is 4.79 Å². The smallest absolute Gasteiger partial charge is 0.223 e. The molecule has 1 amide bonds. The van der Waals surface area contributed by atoms with E-state index in [1.807, 2.05) is 31.2 Å². The fourth-order valence-electron chi connectivity index (χ4n) is 2.87. The molecule has 0 bridgehead atoms. The van der Waals surface area contributed by atoms with Crippen molar-refractivity contribution >= 4 is 15.7 Å². The summed E-state index contributed by atoms with van der Waals surface area (Å²) in [5.41, 5.74) is 2.31. The van der Waals surface area contributed by atoms with Crippen molar-refractivity contribution in [3.8, 4) is 0 Å². The molecule has 1 saturated heterocycles. The first kappa shape index (κ1) is 17.9. The standard InChI is InChI=1S/C17H25NO4S/c1-14-3-5-15(6-4-14)7-8-17(19)18(10-11-22-2)16-9-12-23(20,21)13-16/h3-6,16H,7-13H2,1-2H3. The summed E-state index contributed by atoms with van der Waals surface area (Å²) >= 11 is 0. The molecule has 1 aromatic rings. The fourth-order valence-corrected chi connectivity index (χ4v) is 4.60. The van der Waals surface area contributed by atoms with Gasteiger partial charge in [0.05, 0.1) is 18.1 Å². The number of carbonyl (C=O) groups excluding carboxylic acids is 1. The Hall–Kier alpha value is -1.40. The average molecular weight is 339 g/mol.